The summed E-state index contributed by atoms with van der Waals surface area (Å²) in [7, 11) is 0. The Labute approximate surface area is 126 Å². The number of halogens is 1. The highest BCUT2D eigenvalue weighted by atomic mass is 32.2. The number of thioether (sulfide) groups is 1. The number of nitrogens with one attached hydrogen (secondary N) is 1. The maximum atomic E-state index is 12.8. The van der Waals surface area contributed by atoms with Gasteiger partial charge < -0.3 is 9.73 Å². The minimum atomic E-state index is -0.378. The molecule has 0 radical (unpaired) electrons. The summed E-state index contributed by atoms with van der Waals surface area (Å²) in [6.07, 6.45) is 2.20. The van der Waals surface area contributed by atoms with Crippen LogP contribution in [0.25, 0.3) is 0 Å². The fourth-order valence-electron chi connectivity index (χ4n) is 1.53. The van der Waals surface area contributed by atoms with Gasteiger partial charge in [0.15, 0.2) is 0 Å². The monoisotopic (exact) mass is 309 g/mol. The van der Waals surface area contributed by atoms with Crippen molar-refractivity contribution in [2.45, 2.75) is 31.5 Å². The molecule has 7 heteroatoms. The summed E-state index contributed by atoms with van der Waals surface area (Å²) in [4.78, 5) is 11.8. The van der Waals surface area contributed by atoms with E-state index >= 15 is 0 Å². The van der Waals surface area contributed by atoms with Gasteiger partial charge in [0.25, 0.3) is 11.1 Å². The number of hydrogen-bond donors (Lipinski definition) is 1. The summed E-state index contributed by atoms with van der Waals surface area (Å²) in [5.41, 5.74) is 0.383. The van der Waals surface area contributed by atoms with Crippen molar-refractivity contribution in [1.82, 2.24) is 15.5 Å². The number of carbonyl (C=O) groups is 1. The van der Waals surface area contributed by atoms with E-state index < -0.39 is 0 Å². The molecule has 2 rings (SSSR count). The first-order valence-corrected chi connectivity index (χ1v) is 7.66. The van der Waals surface area contributed by atoms with Gasteiger partial charge in [-0.3, -0.25) is 4.79 Å². The van der Waals surface area contributed by atoms with E-state index in [9.17, 15) is 9.18 Å². The fourth-order valence-corrected chi connectivity index (χ4v) is 2.39. The Bertz CT molecular complexity index is 586. The predicted molar refractivity (Wildman–Crippen MR) is 77.5 cm³/mol. The van der Waals surface area contributed by atoms with E-state index in [2.05, 4.69) is 22.4 Å². The van der Waals surface area contributed by atoms with Crippen molar-refractivity contribution >= 4 is 17.7 Å². The number of hydrogen-bond acceptors (Lipinski definition) is 5. The normalized spacial score (nSPS) is 10.6. The third-order valence-electron chi connectivity index (χ3n) is 2.68. The highest BCUT2D eigenvalue weighted by Crippen LogP contribution is 2.17. The van der Waals surface area contributed by atoms with E-state index in [4.69, 9.17) is 4.42 Å². The van der Waals surface area contributed by atoms with E-state index in [0.29, 0.717) is 16.7 Å². The van der Waals surface area contributed by atoms with Crippen molar-refractivity contribution < 1.29 is 13.6 Å². The molecule has 0 bridgehead atoms. The van der Waals surface area contributed by atoms with Gasteiger partial charge in [-0.25, -0.2) is 4.39 Å². The van der Waals surface area contributed by atoms with Crippen LogP contribution in [0.3, 0.4) is 0 Å². The van der Waals surface area contributed by atoms with Crippen LogP contribution in [0.1, 0.15) is 36.0 Å². The summed E-state index contributed by atoms with van der Waals surface area (Å²) >= 11 is 1.50. The lowest BCUT2D eigenvalue weighted by Crippen LogP contribution is -2.22. The number of nitrogens with zero attached hydrogens (tertiary/aromatic N) is 2. The van der Waals surface area contributed by atoms with Crippen LogP contribution >= 0.6 is 11.8 Å². The van der Waals surface area contributed by atoms with E-state index in [1.165, 1.54) is 36.0 Å². The average molecular weight is 309 g/mol. The smallest absolute Gasteiger partial charge is 0.276 e. The Morgan fingerprint density at radius 3 is 2.81 bits per heavy atom. The van der Waals surface area contributed by atoms with Crippen LogP contribution in [-0.4, -0.2) is 21.9 Å². The summed E-state index contributed by atoms with van der Waals surface area (Å²) in [5, 5.41) is 10.9. The maximum Gasteiger partial charge on any atom is 0.276 e. The lowest BCUT2D eigenvalue weighted by molar-refractivity contribution is 0.0946. The van der Waals surface area contributed by atoms with E-state index in [1.807, 2.05) is 0 Å². The van der Waals surface area contributed by atoms with Crippen LogP contribution in [-0.2, 0) is 6.54 Å². The molecule has 1 aromatic carbocycles. The molecule has 1 N–H and O–H groups in total. The van der Waals surface area contributed by atoms with Gasteiger partial charge in [-0.05, 0) is 30.7 Å². The molecule has 0 aliphatic carbocycles. The molecule has 21 heavy (non-hydrogen) atoms. The first kappa shape index (κ1) is 15.5. The molecule has 0 fully saturated rings. The molecule has 0 aliphatic rings. The van der Waals surface area contributed by atoms with Crippen LogP contribution < -0.4 is 5.32 Å². The van der Waals surface area contributed by atoms with Gasteiger partial charge in [-0.15, -0.1) is 10.2 Å². The first-order chi connectivity index (χ1) is 10.2. The SMILES string of the molecule is CCCCSc1nnc(CNC(=O)c2ccc(F)cc2)o1. The molecule has 0 unspecified atom stereocenters. The molecule has 0 spiro atoms. The number of unbranched alkanes of at least 4 members (excludes halogenated alkanes) is 1. The fraction of sp³-hybridized carbons (Fsp3) is 0.357. The zero-order chi connectivity index (χ0) is 15.1. The number of amides is 1. The van der Waals surface area contributed by atoms with Gasteiger partial charge in [0, 0.05) is 11.3 Å². The number of carbonyl (C=O) groups excluding carboxylic acids is 1. The molecule has 0 aliphatic heterocycles. The third kappa shape index (κ3) is 4.86. The summed E-state index contributed by atoms with van der Waals surface area (Å²) in [6.45, 7) is 2.27. The predicted octanol–water partition coefficient (Wildman–Crippen LogP) is 3.03. The van der Waals surface area contributed by atoms with Crippen molar-refractivity contribution in [2.24, 2.45) is 0 Å². The number of aromatic nitrogens is 2. The van der Waals surface area contributed by atoms with E-state index in [1.54, 1.807) is 0 Å². The standard InChI is InChI=1S/C14H16FN3O2S/c1-2-3-8-21-14-18-17-12(20-14)9-16-13(19)10-4-6-11(15)7-5-10/h4-7H,2-3,8-9H2,1H3,(H,16,19). The van der Waals surface area contributed by atoms with Crippen molar-refractivity contribution in [3.05, 3.63) is 41.5 Å². The molecular weight excluding hydrogens is 293 g/mol. The maximum absolute atomic E-state index is 12.8. The Morgan fingerprint density at radius 1 is 1.33 bits per heavy atom. The van der Waals surface area contributed by atoms with Crippen molar-refractivity contribution in [3.63, 3.8) is 0 Å². The molecule has 112 valence electrons. The summed E-state index contributed by atoms with van der Waals surface area (Å²) < 4.78 is 18.2. The lowest BCUT2D eigenvalue weighted by atomic mass is 10.2. The first-order valence-electron chi connectivity index (χ1n) is 6.68. The lowest BCUT2D eigenvalue weighted by Gasteiger charge is -2.02. The minimum absolute atomic E-state index is 0.150. The molecule has 5 nitrogen and oxygen atoms in total. The Kier molecular flexibility index (Phi) is 5.74. The van der Waals surface area contributed by atoms with E-state index in [0.717, 1.165) is 18.6 Å². The molecule has 0 atom stereocenters. The van der Waals surface area contributed by atoms with Gasteiger partial charge in [0.2, 0.25) is 5.89 Å². The summed E-state index contributed by atoms with van der Waals surface area (Å²) in [5.74, 6) is 0.593. The zero-order valence-corrected chi connectivity index (χ0v) is 12.5. The Morgan fingerprint density at radius 2 is 2.10 bits per heavy atom. The van der Waals surface area contributed by atoms with Crippen LogP contribution in [0.15, 0.2) is 33.9 Å². The minimum Gasteiger partial charge on any atom is -0.414 e. The largest absolute Gasteiger partial charge is 0.414 e. The molecular formula is C14H16FN3O2S. The number of rotatable bonds is 7. The van der Waals surface area contributed by atoms with Crippen LogP contribution in [0.2, 0.25) is 0 Å². The molecule has 1 amide bonds. The van der Waals surface area contributed by atoms with Gasteiger partial charge in [-0.1, -0.05) is 25.1 Å². The van der Waals surface area contributed by atoms with Crippen LogP contribution in [0.4, 0.5) is 4.39 Å². The molecule has 2 aromatic rings. The topological polar surface area (TPSA) is 68.0 Å². The highest BCUT2D eigenvalue weighted by molar-refractivity contribution is 7.99. The molecule has 1 aromatic heterocycles. The molecule has 0 saturated carbocycles. The second kappa shape index (κ2) is 7.78. The van der Waals surface area contributed by atoms with Crippen molar-refractivity contribution in [2.75, 3.05) is 5.75 Å². The molecule has 0 saturated heterocycles. The second-order valence-corrected chi connectivity index (χ2v) is 5.40. The molecule has 1 heterocycles. The van der Waals surface area contributed by atoms with Crippen LogP contribution in [0.5, 0.6) is 0 Å². The van der Waals surface area contributed by atoms with Gasteiger partial charge in [0.05, 0.1) is 6.54 Å². The summed E-state index contributed by atoms with van der Waals surface area (Å²) in [6, 6.07) is 5.32. The van der Waals surface area contributed by atoms with Crippen molar-refractivity contribution in [3.8, 4) is 0 Å². The zero-order valence-electron chi connectivity index (χ0n) is 11.6. The second-order valence-electron chi connectivity index (χ2n) is 4.35. The highest BCUT2D eigenvalue weighted by Gasteiger charge is 2.09. The van der Waals surface area contributed by atoms with Crippen LogP contribution in [0, 0.1) is 5.82 Å². The quantitative estimate of drug-likeness (QED) is 0.629. The Balaban J connectivity index is 1.82. The van der Waals surface area contributed by atoms with Crippen molar-refractivity contribution in [1.29, 1.82) is 0 Å². The number of benzene rings is 1. The van der Waals surface area contributed by atoms with E-state index in [-0.39, 0.29) is 18.3 Å². The van der Waals surface area contributed by atoms with Gasteiger partial charge in [-0.2, -0.15) is 0 Å². The van der Waals surface area contributed by atoms with Gasteiger partial charge >= 0.3 is 0 Å². The third-order valence-corrected chi connectivity index (χ3v) is 3.58. The Hall–Kier alpha value is -1.89. The van der Waals surface area contributed by atoms with Gasteiger partial charge in [0.1, 0.15) is 5.82 Å². The average Bonchev–Trinajstić information content (AvgIpc) is 2.94.